The molecule has 0 aliphatic carbocycles. The number of aromatic nitrogens is 3. The zero-order valence-electron chi connectivity index (χ0n) is 15.4. The van der Waals surface area contributed by atoms with Crippen LogP contribution in [0.25, 0.3) is 4.96 Å². The van der Waals surface area contributed by atoms with Crippen molar-refractivity contribution in [3.8, 4) is 0 Å². The Balaban J connectivity index is 1.45. The van der Waals surface area contributed by atoms with Gasteiger partial charge in [-0.3, -0.25) is 0 Å². The molecule has 0 radical (unpaired) electrons. The van der Waals surface area contributed by atoms with E-state index in [-0.39, 0.29) is 11.5 Å². The van der Waals surface area contributed by atoms with Gasteiger partial charge in [0.15, 0.2) is 0 Å². The highest BCUT2D eigenvalue weighted by molar-refractivity contribution is 7.20. The molecule has 1 aromatic carbocycles. The first-order valence-electron chi connectivity index (χ1n) is 9.05. The topological polar surface area (TPSA) is 65.7 Å². The fraction of sp³-hybridized carbons (Fsp3) is 0.474. The number of anilines is 3. The first kappa shape index (κ1) is 17.3. The molecule has 2 N–H and O–H groups in total. The van der Waals surface area contributed by atoms with Crippen molar-refractivity contribution >= 4 is 32.8 Å². The highest BCUT2D eigenvalue weighted by Crippen LogP contribution is 2.28. The molecule has 2 aromatic heterocycles. The summed E-state index contributed by atoms with van der Waals surface area (Å²) in [5, 5.41) is 18.4. The van der Waals surface area contributed by atoms with Gasteiger partial charge in [0.1, 0.15) is 0 Å². The minimum Gasteiger partial charge on any atom is -0.393 e. The molecule has 0 spiro atoms. The SMILES string of the molecule is CC(C)(C)c1cn2nc(Nc3ccc(N4CCC(O)CC4)cc3)sc2n1. The maximum absolute atomic E-state index is 9.64. The number of fused-ring (bicyclic) bond motifs is 1. The largest absolute Gasteiger partial charge is 0.393 e. The molecule has 4 rings (SSSR count). The van der Waals surface area contributed by atoms with Crippen molar-refractivity contribution in [3.63, 3.8) is 0 Å². The number of rotatable bonds is 3. The summed E-state index contributed by atoms with van der Waals surface area (Å²) in [5.74, 6) is 0. The molecule has 7 heteroatoms. The van der Waals surface area contributed by atoms with Crippen molar-refractivity contribution in [2.75, 3.05) is 23.3 Å². The normalized spacial score (nSPS) is 16.4. The van der Waals surface area contributed by atoms with Gasteiger partial charge in [-0.1, -0.05) is 32.1 Å². The van der Waals surface area contributed by atoms with Crippen LogP contribution >= 0.6 is 11.3 Å². The van der Waals surface area contributed by atoms with E-state index in [1.807, 2.05) is 10.7 Å². The van der Waals surface area contributed by atoms with Gasteiger partial charge in [-0.05, 0) is 37.1 Å². The number of hydrogen-bond donors (Lipinski definition) is 2. The predicted molar refractivity (Wildman–Crippen MR) is 107 cm³/mol. The monoisotopic (exact) mass is 371 g/mol. The summed E-state index contributed by atoms with van der Waals surface area (Å²) in [5.41, 5.74) is 3.30. The van der Waals surface area contributed by atoms with Crippen molar-refractivity contribution in [2.24, 2.45) is 0 Å². The Morgan fingerprint density at radius 3 is 2.46 bits per heavy atom. The van der Waals surface area contributed by atoms with Gasteiger partial charge in [0, 0.05) is 29.9 Å². The number of nitrogens with zero attached hydrogens (tertiary/aromatic N) is 4. The number of imidazole rings is 1. The summed E-state index contributed by atoms with van der Waals surface area (Å²) in [6.45, 7) is 8.29. The summed E-state index contributed by atoms with van der Waals surface area (Å²) in [7, 11) is 0. The van der Waals surface area contributed by atoms with E-state index >= 15 is 0 Å². The van der Waals surface area contributed by atoms with Gasteiger partial charge >= 0.3 is 0 Å². The maximum atomic E-state index is 9.64. The number of aliphatic hydroxyl groups excluding tert-OH is 1. The smallest absolute Gasteiger partial charge is 0.214 e. The van der Waals surface area contributed by atoms with E-state index in [9.17, 15) is 5.11 Å². The van der Waals surface area contributed by atoms with Gasteiger partial charge in [-0.15, -0.1) is 5.10 Å². The summed E-state index contributed by atoms with van der Waals surface area (Å²) < 4.78 is 1.85. The number of aliphatic hydroxyl groups is 1. The van der Waals surface area contributed by atoms with E-state index in [2.05, 4.69) is 65.3 Å². The zero-order valence-corrected chi connectivity index (χ0v) is 16.3. The lowest BCUT2D eigenvalue weighted by Crippen LogP contribution is -2.35. The highest BCUT2D eigenvalue weighted by atomic mass is 32.1. The minimum atomic E-state index is -0.144. The van der Waals surface area contributed by atoms with E-state index in [0.29, 0.717) is 0 Å². The molecule has 3 aromatic rings. The molecule has 0 amide bonds. The van der Waals surface area contributed by atoms with Crippen LogP contribution in [-0.2, 0) is 5.41 Å². The summed E-state index contributed by atoms with van der Waals surface area (Å²) >= 11 is 1.55. The van der Waals surface area contributed by atoms with E-state index in [4.69, 9.17) is 0 Å². The van der Waals surface area contributed by atoms with Gasteiger partial charge in [0.25, 0.3) is 0 Å². The van der Waals surface area contributed by atoms with E-state index in [1.54, 1.807) is 11.3 Å². The minimum absolute atomic E-state index is 0.0291. The van der Waals surface area contributed by atoms with Crippen molar-refractivity contribution in [1.82, 2.24) is 14.6 Å². The Morgan fingerprint density at radius 1 is 1.15 bits per heavy atom. The Labute approximate surface area is 157 Å². The second-order valence-corrected chi connectivity index (χ2v) is 8.86. The van der Waals surface area contributed by atoms with Crippen LogP contribution in [0.2, 0.25) is 0 Å². The van der Waals surface area contributed by atoms with Crippen molar-refractivity contribution < 1.29 is 5.11 Å². The van der Waals surface area contributed by atoms with Crippen LogP contribution in [0.15, 0.2) is 30.5 Å². The molecule has 1 saturated heterocycles. The first-order chi connectivity index (χ1) is 12.4. The predicted octanol–water partition coefficient (Wildman–Crippen LogP) is 3.79. The fourth-order valence-corrected chi connectivity index (χ4v) is 3.92. The van der Waals surface area contributed by atoms with Crippen LogP contribution in [0.5, 0.6) is 0 Å². The zero-order chi connectivity index (χ0) is 18.3. The van der Waals surface area contributed by atoms with E-state index in [0.717, 1.165) is 47.4 Å². The van der Waals surface area contributed by atoms with E-state index < -0.39 is 0 Å². The van der Waals surface area contributed by atoms with Crippen LogP contribution in [0, 0.1) is 0 Å². The standard InChI is InChI=1S/C19H25N5OS/c1-19(2,3)16-12-24-18(21-16)26-17(22-24)20-13-4-6-14(7-5-13)23-10-8-15(25)9-11-23/h4-7,12,15,25H,8-11H2,1-3H3,(H,20,22). The Morgan fingerprint density at radius 2 is 1.85 bits per heavy atom. The molecule has 0 bridgehead atoms. The Bertz CT molecular complexity index is 853. The molecule has 1 aliphatic rings. The fourth-order valence-electron chi connectivity index (χ4n) is 3.12. The molecule has 1 fully saturated rings. The Kier molecular flexibility index (Phi) is 4.36. The van der Waals surface area contributed by atoms with Gasteiger partial charge in [-0.2, -0.15) is 0 Å². The average molecular weight is 372 g/mol. The lowest BCUT2D eigenvalue weighted by molar-refractivity contribution is 0.145. The molecular formula is C19H25N5OS. The molecule has 0 saturated carbocycles. The molecule has 1 aliphatic heterocycles. The van der Waals surface area contributed by atoms with Crippen molar-refractivity contribution in [1.29, 1.82) is 0 Å². The molecule has 0 atom stereocenters. The van der Waals surface area contributed by atoms with E-state index in [1.165, 1.54) is 5.69 Å². The lowest BCUT2D eigenvalue weighted by Gasteiger charge is -2.31. The number of hydrogen-bond acceptors (Lipinski definition) is 6. The van der Waals surface area contributed by atoms with Gasteiger partial charge in [0.2, 0.25) is 10.1 Å². The number of benzene rings is 1. The molecule has 6 nitrogen and oxygen atoms in total. The lowest BCUT2D eigenvalue weighted by atomic mass is 9.93. The summed E-state index contributed by atoms with van der Waals surface area (Å²) in [6, 6.07) is 8.39. The van der Waals surface area contributed by atoms with Crippen LogP contribution in [-0.4, -0.2) is 38.9 Å². The quantitative estimate of drug-likeness (QED) is 0.733. The third-order valence-electron chi connectivity index (χ3n) is 4.76. The maximum Gasteiger partial charge on any atom is 0.214 e. The van der Waals surface area contributed by atoms with Gasteiger partial charge in [0.05, 0.1) is 18.0 Å². The first-order valence-corrected chi connectivity index (χ1v) is 9.87. The number of piperidine rings is 1. The van der Waals surface area contributed by atoms with Crippen LogP contribution in [0.4, 0.5) is 16.5 Å². The molecule has 26 heavy (non-hydrogen) atoms. The molecule has 0 unspecified atom stereocenters. The molecule has 3 heterocycles. The molecular weight excluding hydrogens is 346 g/mol. The highest BCUT2D eigenvalue weighted by Gasteiger charge is 2.20. The van der Waals surface area contributed by atoms with Gasteiger partial charge in [-0.25, -0.2) is 9.50 Å². The summed E-state index contributed by atoms with van der Waals surface area (Å²) in [4.78, 5) is 7.90. The van der Waals surface area contributed by atoms with Gasteiger partial charge < -0.3 is 15.3 Å². The Hall–Kier alpha value is -2.12. The van der Waals surface area contributed by atoms with Crippen LogP contribution < -0.4 is 10.2 Å². The van der Waals surface area contributed by atoms with Crippen LogP contribution in [0.1, 0.15) is 39.3 Å². The third-order valence-corrected chi connectivity index (χ3v) is 5.60. The van der Waals surface area contributed by atoms with Crippen molar-refractivity contribution in [2.45, 2.75) is 45.1 Å². The summed E-state index contributed by atoms with van der Waals surface area (Å²) in [6.07, 6.45) is 3.55. The van der Waals surface area contributed by atoms with Crippen molar-refractivity contribution in [3.05, 3.63) is 36.2 Å². The molecule has 138 valence electrons. The second-order valence-electron chi connectivity index (χ2n) is 7.90. The average Bonchev–Trinajstić information content (AvgIpc) is 3.15. The second kappa shape index (κ2) is 6.55. The van der Waals surface area contributed by atoms with Crippen LogP contribution in [0.3, 0.4) is 0 Å². The third kappa shape index (κ3) is 3.54. The number of nitrogens with one attached hydrogen (secondary N) is 1.